The fourth-order valence-corrected chi connectivity index (χ4v) is 1.26. The van der Waals surface area contributed by atoms with Crippen molar-refractivity contribution in [2.24, 2.45) is 0 Å². The lowest BCUT2D eigenvalue weighted by molar-refractivity contribution is -0.107. The Morgan fingerprint density at radius 2 is 2.21 bits per heavy atom. The molecule has 0 radical (unpaired) electrons. The lowest BCUT2D eigenvalue weighted by atomic mass is 10.3. The molecule has 1 heterocycles. The summed E-state index contributed by atoms with van der Waals surface area (Å²) in [5.74, 6) is -0.0329. The van der Waals surface area contributed by atoms with E-state index in [4.69, 9.17) is 0 Å². The van der Waals surface area contributed by atoms with Crippen molar-refractivity contribution >= 4 is 23.1 Å². The Balaban J connectivity index is 2.44. The van der Waals surface area contributed by atoms with Crippen molar-refractivity contribution in [2.45, 2.75) is 6.42 Å². The van der Waals surface area contributed by atoms with Gasteiger partial charge in [-0.3, -0.25) is 4.79 Å². The largest absolute Gasteiger partial charge is 0.335 e. The third kappa shape index (κ3) is 1.42. The van der Waals surface area contributed by atoms with E-state index in [-0.39, 0.29) is 18.0 Å². The van der Waals surface area contributed by atoms with Crippen LogP contribution in [0.2, 0.25) is 0 Å². The van der Waals surface area contributed by atoms with E-state index < -0.39 is 0 Å². The van der Waals surface area contributed by atoms with Gasteiger partial charge in [0, 0.05) is 0 Å². The van der Waals surface area contributed by atoms with E-state index in [0.717, 1.165) is 11.0 Å². The molecule has 0 amide bonds. The predicted molar refractivity (Wildman–Crippen MR) is 51.1 cm³/mol. The number of fused-ring (bicyclic) bond motifs is 1. The molecule has 1 aromatic heterocycles. The summed E-state index contributed by atoms with van der Waals surface area (Å²) in [6, 6.07) is 7.34. The topological polar surface area (TPSA) is 62.8 Å². The lowest BCUT2D eigenvalue weighted by Crippen LogP contribution is -2.01. The average Bonchev–Trinajstić information content (AvgIpc) is 2.61. The molecule has 0 unspecified atom stereocenters. The van der Waals surface area contributed by atoms with Crippen LogP contribution in [0.5, 0.6) is 0 Å². The second-order valence-corrected chi connectivity index (χ2v) is 2.90. The lowest BCUT2D eigenvalue weighted by Gasteiger charge is -1.86. The second kappa shape index (κ2) is 3.41. The van der Waals surface area contributed by atoms with Gasteiger partial charge in [0.25, 0.3) is 0 Å². The minimum absolute atomic E-state index is 0.125. The third-order valence-electron chi connectivity index (χ3n) is 1.92. The number of imidazole rings is 1. The van der Waals surface area contributed by atoms with Crippen LogP contribution in [0, 0.1) is 0 Å². The van der Waals surface area contributed by atoms with Gasteiger partial charge >= 0.3 is 0 Å². The van der Waals surface area contributed by atoms with Gasteiger partial charge in [-0.2, -0.15) is 0 Å². The average molecular weight is 188 g/mol. The Labute approximate surface area is 80.0 Å². The zero-order chi connectivity index (χ0) is 9.97. The molecule has 4 heteroatoms. The van der Waals surface area contributed by atoms with Gasteiger partial charge in [-0.25, -0.2) is 4.98 Å². The van der Waals surface area contributed by atoms with Crippen LogP contribution < -0.4 is 0 Å². The number of carbonyl (C=O) groups excluding carboxylic acids is 2. The van der Waals surface area contributed by atoms with Crippen LogP contribution in [0.25, 0.3) is 11.0 Å². The van der Waals surface area contributed by atoms with Gasteiger partial charge in [0.05, 0.1) is 17.5 Å². The van der Waals surface area contributed by atoms with E-state index in [9.17, 15) is 9.59 Å². The Morgan fingerprint density at radius 3 is 2.93 bits per heavy atom. The Morgan fingerprint density at radius 1 is 1.43 bits per heavy atom. The molecular formula is C10H8N2O2. The Bertz CT molecular complexity index is 455. The first-order valence-corrected chi connectivity index (χ1v) is 4.23. The van der Waals surface area contributed by atoms with Gasteiger partial charge in [0.2, 0.25) is 5.78 Å². The quantitative estimate of drug-likeness (QED) is 0.449. The molecule has 0 saturated heterocycles. The maximum atomic E-state index is 11.3. The SMILES string of the molecule is O=CCC(=O)c1nc2ccccc2[nH]1. The number of aldehydes is 1. The molecular weight excluding hydrogens is 180 g/mol. The van der Waals surface area contributed by atoms with Crippen LogP contribution in [0.1, 0.15) is 17.0 Å². The number of nitrogens with zero attached hydrogens (tertiary/aromatic N) is 1. The van der Waals surface area contributed by atoms with Crippen molar-refractivity contribution in [1.29, 1.82) is 0 Å². The highest BCUT2D eigenvalue weighted by atomic mass is 16.1. The molecule has 14 heavy (non-hydrogen) atoms. The minimum atomic E-state index is -0.281. The summed E-state index contributed by atoms with van der Waals surface area (Å²) in [6.07, 6.45) is 0.454. The van der Waals surface area contributed by atoms with Gasteiger partial charge in [-0.05, 0) is 12.1 Å². The van der Waals surface area contributed by atoms with Crippen molar-refractivity contribution in [2.75, 3.05) is 0 Å². The van der Waals surface area contributed by atoms with Crippen LogP contribution in [-0.4, -0.2) is 22.0 Å². The summed E-state index contributed by atoms with van der Waals surface area (Å²) < 4.78 is 0. The highest BCUT2D eigenvalue weighted by molar-refractivity contribution is 6.01. The summed E-state index contributed by atoms with van der Waals surface area (Å²) in [6.45, 7) is 0. The fourth-order valence-electron chi connectivity index (χ4n) is 1.26. The summed E-state index contributed by atoms with van der Waals surface area (Å²) in [4.78, 5) is 28.4. The number of benzene rings is 1. The Hall–Kier alpha value is -1.97. The van der Waals surface area contributed by atoms with Crippen LogP contribution in [0.15, 0.2) is 24.3 Å². The summed E-state index contributed by atoms with van der Waals surface area (Å²) in [5, 5.41) is 0. The van der Waals surface area contributed by atoms with Crippen LogP contribution in [0.4, 0.5) is 0 Å². The number of para-hydroxylation sites is 2. The number of H-pyrrole nitrogens is 1. The molecule has 1 aromatic carbocycles. The monoisotopic (exact) mass is 188 g/mol. The molecule has 0 bridgehead atoms. The number of nitrogens with one attached hydrogen (secondary N) is 1. The molecule has 0 aliphatic heterocycles. The fraction of sp³-hybridized carbons (Fsp3) is 0.100. The van der Waals surface area contributed by atoms with Crippen molar-refractivity contribution in [3.8, 4) is 0 Å². The molecule has 0 aliphatic carbocycles. The molecule has 0 atom stereocenters. The molecule has 1 N–H and O–H groups in total. The highest BCUT2D eigenvalue weighted by Crippen LogP contribution is 2.10. The van der Waals surface area contributed by atoms with E-state index in [1.165, 1.54) is 0 Å². The highest BCUT2D eigenvalue weighted by Gasteiger charge is 2.09. The smallest absolute Gasteiger partial charge is 0.205 e. The molecule has 0 spiro atoms. The first-order chi connectivity index (χ1) is 6.81. The summed E-state index contributed by atoms with van der Waals surface area (Å²) in [5.41, 5.74) is 1.54. The van der Waals surface area contributed by atoms with Gasteiger partial charge in [-0.15, -0.1) is 0 Å². The van der Waals surface area contributed by atoms with Gasteiger partial charge in [-0.1, -0.05) is 12.1 Å². The van der Waals surface area contributed by atoms with Crippen LogP contribution in [0.3, 0.4) is 0 Å². The maximum absolute atomic E-state index is 11.3. The van der Waals surface area contributed by atoms with Gasteiger partial charge < -0.3 is 9.78 Å². The van der Waals surface area contributed by atoms with Gasteiger partial charge in [0.15, 0.2) is 5.82 Å². The number of ketones is 1. The normalized spacial score (nSPS) is 10.3. The van der Waals surface area contributed by atoms with Crippen molar-refractivity contribution in [1.82, 2.24) is 9.97 Å². The first-order valence-electron chi connectivity index (χ1n) is 4.23. The van der Waals surface area contributed by atoms with Crippen molar-refractivity contribution in [3.05, 3.63) is 30.1 Å². The molecule has 2 aromatic rings. The Kier molecular flexibility index (Phi) is 2.10. The van der Waals surface area contributed by atoms with Crippen molar-refractivity contribution in [3.63, 3.8) is 0 Å². The molecule has 70 valence electrons. The number of aromatic amines is 1. The van der Waals surface area contributed by atoms with E-state index in [1.807, 2.05) is 24.3 Å². The summed E-state index contributed by atoms with van der Waals surface area (Å²) in [7, 11) is 0. The first kappa shape index (κ1) is 8.62. The van der Waals surface area contributed by atoms with E-state index >= 15 is 0 Å². The van der Waals surface area contributed by atoms with Crippen LogP contribution in [-0.2, 0) is 4.79 Å². The zero-order valence-corrected chi connectivity index (χ0v) is 7.36. The number of Topliss-reactive ketones (excluding diaryl/α,β-unsaturated/α-hetero) is 1. The van der Waals surface area contributed by atoms with Crippen molar-refractivity contribution < 1.29 is 9.59 Å². The third-order valence-corrected chi connectivity index (χ3v) is 1.92. The zero-order valence-electron chi connectivity index (χ0n) is 7.36. The molecule has 0 fully saturated rings. The molecule has 0 aliphatic rings. The van der Waals surface area contributed by atoms with Crippen LogP contribution >= 0.6 is 0 Å². The number of aromatic nitrogens is 2. The summed E-state index contributed by atoms with van der Waals surface area (Å²) >= 11 is 0. The predicted octanol–water partition coefficient (Wildman–Crippen LogP) is 1.33. The number of carbonyl (C=O) groups is 2. The van der Waals surface area contributed by atoms with E-state index in [0.29, 0.717) is 6.29 Å². The van der Waals surface area contributed by atoms with E-state index in [2.05, 4.69) is 9.97 Å². The second-order valence-electron chi connectivity index (χ2n) is 2.90. The number of hydrogen-bond acceptors (Lipinski definition) is 3. The van der Waals surface area contributed by atoms with E-state index in [1.54, 1.807) is 0 Å². The number of hydrogen-bond donors (Lipinski definition) is 1. The number of rotatable bonds is 3. The van der Waals surface area contributed by atoms with Gasteiger partial charge in [0.1, 0.15) is 6.29 Å². The molecule has 0 saturated carbocycles. The standard InChI is InChI=1S/C10H8N2O2/c13-6-5-9(14)10-11-7-3-1-2-4-8(7)12-10/h1-4,6H,5H2,(H,11,12). The minimum Gasteiger partial charge on any atom is -0.335 e. The molecule has 4 nitrogen and oxygen atoms in total. The molecule has 2 rings (SSSR count). The maximum Gasteiger partial charge on any atom is 0.205 e.